The van der Waals surface area contributed by atoms with Gasteiger partial charge in [0.2, 0.25) is 0 Å². The fourth-order valence-corrected chi connectivity index (χ4v) is 2.64. The number of anilines is 1. The zero-order valence-electron chi connectivity index (χ0n) is 14.5. The maximum absolute atomic E-state index is 5.94. The minimum absolute atomic E-state index is 0.425. The summed E-state index contributed by atoms with van der Waals surface area (Å²) in [6, 6.07) is 27.3. The minimum Gasteiger partial charge on any atom is -0.331 e. The van der Waals surface area contributed by atoms with Crippen LogP contribution >= 0.6 is 23.8 Å². The molecule has 0 saturated carbocycles. The Hall–Kier alpha value is -2.95. The van der Waals surface area contributed by atoms with E-state index in [0.29, 0.717) is 10.1 Å². The van der Waals surface area contributed by atoms with Crippen molar-refractivity contribution in [1.29, 1.82) is 0 Å². The van der Waals surface area contributed by atoms with Gasteiger partial charge in [-0.05, 0) is 48.1 Å². The molecule has 134 valence electrons. The Bertz CT molecular complexity index is 936. The van der Waals surface area contributed by atoms with Gasteiger partial charge in [0.1, 0.15) is 0 Å². The zero-order valence-corrected chi connectivity index (χ0v) is 16.0. The summed E-state index contributed by atoms with van der Waals surface area (Å²) in [6.45, 7) is 0. The highest BCUT2D eigenvalue weighted by Gasteiger charge is 2.01. The lowest BCUT2D eigenvalue weighted by molar-refractivity contribution is 1.04. The molecular formula is C22H18ClN3S. The predicted molar refractivity (Wildman–Crippen MR) is 119 cm³/mol. The molecule has 0 amide bonds. The summed E-state index contributed by atoms with van der Waals surface area (Å²) in [6.07, 6.45) is 3.92. The number of thiocarbonyl (C=S) groups is 1. The second kappa shape index (κ2) is 9.67. The molecule has 0 aliphatic heterocycles. The summed E-state index contributed by atoms with van der Waals surface area (Å²) < 4.78 is 0. The largest absolute Gasteiger partial charge is 0.331 e. The third-order valence-electron chi connectivity index (χ3n) is 3.68. The first-order chi connectivity index (χ1) is 13.2. The molecule has 3 aromatic rings. The van der Waals surface area contributed by atoms with Gasteiger partial charge < -0.3 is 5.32 Å². The lowest BCUT2D eigenvalue weighted by Crippen LogP contribution is -2.25. The quantitative estimate of drug-likeness (QED) is 0.330. The summed E-state index contributed by atoms with van der Waals surface area (Å²) in [5.74, 6) is 0. The molecule has 0 heterocycles. The smallest absolute Gasteiger partial charge is 0.191 e. The van der Waals surface area contributed by atoms with Crippen LogP contribution in [0.3, 0.4) is 0 Å². The Labute approximate surface area is 169 Å². The summed E-state index contributed by atoms with van der Waals surface area (Å²) >= 11 is 11.3. The SMILES string of the molecule is S=C(N/N=C(/C=C/c1ccc(Cl)cc1)c1ccccc1)Nc1ccccc1. The topological polar surface area (TPSA) is 36.4 Å². The zero-order chi connectivity index (χ0) is 18.9. The second-order valence-corrected chi connectivity index (χ2v) is 6.52. The lowest BCUT2D eigenvalue weighted by Gasteiger charge is -2.08. The number of para-hydroxylation sites is 1. The molecule has 0 aromatic heterocycles. The van der Waals surface area contributed by atoms with Gasteiger partial charge in [-0.1, -0.05) is 78.3 Å². The molecule has 0 bridgehead atoms. The molecule has 0 fully saturated rings. The third kappa shape index (κ3) is 6.06. The van der Waals surface area contributed by atoms with Gasteiger partial charge in [-0.2, -0.15) is 5.10 Å². The van der Waals surface area contributed by atoms with E-state index in [4.69, 9.17) is 23.8 Å². The van der Waals surface area contributed by atoms with Crippen LogP contribution < -0.4 is 10.7 Å². The molecular weight excluding hydrogens is 374 g/mol. The number of halogens is 1. The van der Waals surface area contributed by atoms with Crippen molar-refractivity contribution in [1.82, 2.24) is 5.43 Å². The van der Waals surface area contributed by atoms with E-state index < -0.39 is 0 Å². The summed E-state index contributed by atoms with van der Waals surface area (Å²) in [5.41, 5.74) is 6.60. The molecule has 2 N–H and O–H groups in total. The molecule has 3 rings (SSSR count). The van der Waals surface area contributed by atoms with Crippen molar-refractivity contribution in [3.05, 3.63) is 107 Å². The average molecular weight is 392 g/mol. The van der Waals surface area contributed by atoms with Gasteiger partial charge in [-0.3, -0.25) is 5.43 Å². The number of nitrogens with one attached hydrogen (secondary N) is 2. The molecule has 0 saturated heterocycles. The van der Waals surface area contributed by atoms with E-state index in [1.165, 1.54) is 0 Å². The highest BCUT2D eigenvalue weighted by molar-refractivity contribution is 7.80. The number of rotatable bonds is 5. The van der Waals surface area contributed by atoms with Crippen LogP contribution in [0.15, 0.2) is 96.1 Å². The molecule has 3 nitrogen and oxygen atoms in total. The van der Waals surface area contributed by atoms with Crippen LogP contribution in [0.5, 0.6) is 0 Å². The molecule has 0 radical (unpaired) electrons. The van der Waals surface area contributed by atoms with Crippen LogP contribution in [0.4, 0.5) is 5.69 Å². The van der Waals surface area contributed by atoms with Gasteiger partial charge in [-0.15, -0.1) is 0 Å². The van der Waals surface area contributed by atoms with Crippen molar-refractivity contribution in [2.45, 2.75) is 0 Å². The first-order valence-corrected chi connectivity index (χ1v) is 9.18. The van der Waals surface area contributed by atoms with Crippen molar-refractivity contribution in [2.24, 2.45) is 5.10 Å². The number of nitrogens with zero attached hydrogens (tertiary/aromatic N) is 1. The minimum atomic E-state index is 0.425. The van der Waals surface area contributed by atoms with Gasteiger partial charge in [0.05, 0.1) is 5.71 Å². The fourth-order valence-electron chi connectivity index (χ4n) is 2.35. The highest BCUT2D eigenvalue weighted by atomic mass is 35.5. The van der Waals surface area contributed by atoms with Crippen molar-refractivity contribution in [3.8, 4) is 0 Å². The first-order valence-electron chi connectivity index (χ1n) is 8.39. The van der Waals surface area contributed by atoms with Crippen molar-refractivity contribution in [3.63, 3.8) is 0 Å². The van der Waals surface area contributed by atoms with Crippen molar-refractivity contribution >= 4 is 46.4 Å². The molecule has 27 heavy (non-hydrogen) atoms. The van der Waals surface area contributed by atoms with Gasteiger partial charge in [0, 0.05) is 16.3 Å². The van der Waals surface area contributed by atoms with Crippen LogP contribution in [-0.2, 0) is 0 Å². The molecule has 0 unspecified atom stereocenters. The van der Waals surface area contributed by atoms with E-state index >= 15 is 0 Å². The van der Waals surface area contributed by atoms with Gasteiger partial charge in [-0.25, -0.2) is 0 Å². The maximum atomic E-state index is 5.94. The standard InChI is InChI=1S/C22H18ClN3S/c23-19-14-11-17(12-15-19)13-16-21(18-7-3-1-4-8-18)25-26-22(27)24-20-9-5-2-6-10-20/h1-16H,(H2,24,26,27)/b16-13+,25-21-. The molecule has 3 aromatic carbocycles. The van der Waals surface area contributed by atoms with Crippen LogP contribution in [0.1, 0.15) is 11.1 Å². The summed E-state index contributed by atoms with van der Waals surface area (Å²) in [7, 11) is 0. The van der Waals surface area contributed by atoms with E-state index in [1.807, 2.05) is 97.1 Å². The number of hydrogen-bond acceptors (Lipinski definition) is 2. The molecule has 0 atom stereocenters. The number of hydrazone groups is 1. The van der Waals surface area contributed by atoms with Crippen molar-refractivity contribution in [2.75, 3.05) is 5.32 Å². The van der Waals surface area contributed by atoms with Crippen LogP contribution in [0, 0.1) is 0 Å². The Balaban J connectivity index is 1.76. The first kappa shape index (κ1) is 18.8. The van der Waals surface area contributed by atoms with Gasteiger partial charge in [0.25, 0.3) is 0 Å². The molecule has 5 heteroatoms. The monoisotopic (exact) mass is 391 g/mol. The highest BCUT2D eigenvalue weighted by Crippen LogP contribution is 2.12. The lowest BCUT2D eigenvalue weighted by atomic mass is 10.1. The Morgan fingerprint density at radius 3 is 2.15 bits per heavy atom. The summed E-state index contributed by atoms with van der Waals surface area (Å²) in [4.78, 5) is 0. The van der Waals surface area contributed by atoms with E-state index in [1.54, 1.807) is 0 Å². The van der Waals surface area contributed by atoms with Crippen LogP contribution in [0.25, 0.3) is 6.08 Å². The van der Waals surface area contributed by atoms with Crippen molar-refractivity contribution < 1.29 is 0 Å². The Morgan fingerprint density at radius 1 is 0.852 bits per heavy atom. The Morgan fingerprint density at radius 2 is 1.48 bits per heavy atom. The Kier molecular flexibility index (Phi) is 6.74. The number of benzene rings is 3. The van der Waals surface area contributed by atoms with Gasteiger partial charge in [0.15, 0.2) is 5.11 Å². The van der Waals surface area contributed by atoms with Crippen LogP contribution in [0.2, 0.25) is 5.02 Å². The fraction of sp³-hybridized carbons (Fsp3) is 0. The molecule has 0 aliphatic rings. The van der Waals surface area contributed by atoms with E-state index in [9.17, 15) is 0 Å². The van der Waals surface area contributed by atoms with Crippen LogP contribution in [-0.4, -0.2) is 10.8 Å². The third-order valence-corrected chi connectivity index (χ3v) is 4.13. The number of allylic oxidation sites excluding steroid dienone is 1. The molecule has 0 spiro atoms. The van der Waals surface area contributed by atoms with E-state index in [0.717, 1.165) is 22.5 Å². The van der Waals surface area contributed by atoms with Gasteiger partial charge >= 0.3 is 0 Å². The number of hydrogen-bond donors (Lipinski definition) is 2. The van der Waals surface area contributed by atoms with E-state index in [-0.39, 0.29) is 0 Å². The average Bonchev–Trinajstić information content (AvgIpc) is 2.71. The summed E-state index contributed by atoms with van der Waals surface area (Å²) in [5, 5.41) is 8.71. The normalized spacial score (nSPS) is 11.4. The maximum Gasteiger partial charge on any atom is 0.191 e. The molecule has 0 aliphatic carbocycles. The van der Waals surface area contributed by atoms with E-state index in [2.05, 4.69) is 15.8 Å². The second-order valence-electron chi connectivity index (χ2n) is 5.68. The predicted octanol–water partition coefficient (Wildman–Crippen LogP) is 5.74.